The van der Waals surface area contributed by atoms with Crippen LogP contribution in [0.4, 0.5) is 8.78 Å². The van der Waals surface area contributed by atoms with Crippen LogP contribution in [0.5, 0.6) is 0 Å². The normalized spacial score (nSPS) is 34.3. The molecule has 4 heteroatoms. The third-order valence-electron chi connectivity index (χ3n) is 4.22. The number of rotatable bonds is 2. The van der Waals surface area contributed by atoms with Gasteiger partial charge in [0, 0.05) is 22.5 Å². The molecular weight excluding hydrogens is 266 g/mol. The van der Waals surface area contributed by atoms with E-state index in [1.165, 1.54) is 24.6 Å². The van der Waals surface area contributed by atoms with Crippen molar-refractivity contribution in [1.82, 2.24) is 0 Å². The van der Waals surface area contributed by atoms with Crippen molar-refractivity contribution in [2.75, 3.05) is 0 Å². The molecule has 2 unspecified atom stereocenters. The second kappa shape index (κ2) is 5.06. The number of hydrogen-bond donors (Lipinski definition) is 1. The molecule has 1 nitrogen and oxygen atoms in total. The van der Waals surface area contributed by atoms with Crippen LogP contribution in [-0.2, 0) is 6.42 Å². The van der Waals surface area contributed by atoms with E-state index in [1.807, 2.05) is 11.8 Å². The summed E-state index contributed by atoms with van der Waals surface area (Å²) in [5.74, 6) is -1.09. The van der Waals surface area contributed by atoms with Gasteiger partial charge in [0.1, 0.15) is 11.6 Å². The number of thioether (sulfide) groups is 1. The van der Waals surface area contributed by atoms with Gasteiger partial charge in [-0.05, 0) is 37.8 Å². The molecule has 2 bridgehead atoms. The van der Waals surface area contributed by atoms with E-state index in [1.54, 1.807) is 0 Å². The van der Waals surface area contributed by atoms with Crippen molar-refractivity contribution < 1.29 is 13.9 Å². The van der Waals surface area contributed by atoms with Gasteiger partial charge in [-0.15, -0.1) is 0 Å². The number of hydrogen-bond acceptors (Lipinski definition) is 2. The molecule has 1 N–H and O–H groups in total. The van der Waals surface area contributed by atoms with Gasteiger partial charge in [-0.25, -0.2) is 8.78 Å². The Bertz CT molecular complexity index is 445. The van der Waals surface area contributed by atoms with Crippen LogP contribution in [0, 0.1) is 11.6 Å². The van der Waals surface area contributed by atoms with Crippen LogP contribution >= 0.6 is 11.8 Å². The van der Waals surface area contributed by atoms with E-state index in [9.17, 15) is 13.9 Å². The van der Waals surface area contributed by atoms with Crippen LogP contribution in [0.1, 0.15) is 37.7 Å². The van der Waals surface area contributed by atoms with Gasteiger partial charge >= 0.3 is 0 Å². The Morgan fingerprint density at radius 2 is 1.74 bits per heavy atom. The molecule has 2 aliphatic heterocycles. The Balaban J connectivity index is 1.82. The SMILES string of the molecule is OC1(Cc2c(F)cccc2F)CC2CCCC(C1)S2. The Kier molecular flexibility index (Phi) is 3.56. The van der Waals surface area contributed by atoms with Gasteiger partial charge in [-0.3, -0.25) is 0 Å². The zero-order valence-electron chi connectivity index (χ0n) is 10.7. The number of benzene rings is 1. The summed E-state index contributed by atoms with van der Waals surface area (Å²) in [6.45, 7) is 0. The predicted molar refractivity (Wildman–Crippen MR) is 73.3 cm³/mol. The van der Waals surface area contributed by atoms with Crippen molar-refractivity contribution >= 4 is 11.8 Å². The summed E-state index contributed by atoms with van der Waals surface area (Å²) < 4.78 is 27.4. The molecule has 0 spiro atoms. The molecule has 0 amide bonds. The molecule has 2 fully saturated rings. The standard InChI is InChI=1S/C15H18F2OS/c16-13-5-2-6-14(17)12(13)9-15(18)7-10-3-1-4-11(8-15)19-10/h2,5-6,10-11,18H,1,3-4,7-9H2. The molecule has 0 aromatic heterocycles. The van der Waals surface area contributed by atoms with Crippen LogP contribution in [0.15, 0.2) is 18.2 Å². The minimum Gasteiger partial charge on any atom is -0.389 e. The topological polar surface area (TPSA) is 20.2 Å². The maximum atomic E-state index is 13.7. The van der Waals surface area contributed by atoms with Crippen LogP contribution in [-0.4, -0.2) is 21.2 Å². The molecule has 1 aromatic carbocycles. The highest BCUT2D eigenvalue weighted by molar-refractivity contribution is 8.00. The average Bonchev–Trinajstić information content (AvgIpc) is 2.33. The summed E-state index contributed by atoms with van der Waals surface area (Å²) in [6.07, 6.45) is 4.85. The molecular formula is C15H18F2OS. The molecule has 1 aromatic rings. The van der Waals surface area contributed by atoms with Crippen molar-refractivity contribution in [1.29, 1.82) is 0 Å². The lowest BCUT2D eigenvalue weighted by molar-refractivity contribution is 0.0115. The summed E-state index contributed by atoms with van der Waals surface area (Å²) in [6, 6.07) is 3.89. The minimum atomic E-state index is -0.940. The Morgan fingerprint density at radius 1 is 1.16 bits per heavy atom. The van der Waals surface area contributed by atoms with Crippen molar-refractivity contribution in [3.05, 3.63) is 35.4 Å². The van der Waals surface area contributed by atoms with E-state index in [4.69, 9.17) is 0 Å². The molecule has 2 heterocycles. The lowest BCUT2D eigenvalue weighted by Crippen LogP contribution is -2.44. The van der Waals surface area contributed by atoms with E-state index in [0.717, 1.165) is 12.8 Å². The van der Waals surface area contributed by atoms with Gasteiger partial charge in [0.05, 0.1) is 5.60 Å². The molecule has 2 saturated heterocycles. The summed E-state index contributed by atoms with van der Waals surface area (Å²) in [4.78, 5) is 0. The lowest BCUT2D eigenvalue weighted by atomic mass is 9.81. The molecule has 2 aliphatic rings. The molecule has 0 saturated carbocycles. The van der Waals surface area contributed by atoms with Crippen LogP contribution in [0.3, 0.4) is 0 Å². The van der Waals surface area contributed by atoms with E-state index < -0.39 is 17.2 Å². The molecule has 19 heavy (non-hydrogen) atoms. The summed E-state index contributed by atoms with van der Waals surface area (Å²) in [7, 11) is 0. The van der Waals surface area contributed by atoms with Crippen molar-refractivity contribution in [3.8, 4) is 0 Å². The minimum absolute atomic E-state index is 0.0370. The quantitative estimate of drug-likeness (QED) is 0.894. The Labute approximate surface area is 116 Å². The molecule has 2 atom stereocenters. The number of fused-ring (bicyclic) bond motifs is 2. The van der Waals surface area contributed by atoms with Gasteiger partial charge in [0.2, 0.25) is 0 Å². The molecule has 0 radical (unpaired) electrons. The fourth-order valence-electron chi connectivity index (χ4n) is 3.39. The molecule has 3 rings (SSSR count). The maximum absolute atomic E-state index is 13.7. The maximum Gasteiger partial charge on any atom is 0.129 e. The molecule has 0 aliphatic carbocycles. The Morgan fingerprint density at radius 3 is 2.32 bits per heavy atom. The van der Waals surface area contributed by atoms with E-state index in [0.29, 0.717) is 23.3 Å². The van der Waals surface area contributed by atoms with Gasteiger partial charge in [0.15, 0.2) is 0 Å². The first-order valence-corrected chi connectivity index (χ1v) is 7.81. The second-order valence-corrected chi connectivity index (χ2v) is 7.43. The van der Waals surface area contributed by atoms with Gasteiger partial charge in [-0.2, -0.15) is 11.8 Å². The van der Waals surface area contributed by atoms with Gasteiger partial charge < -0.3 is 5.11 Å². The van der Waals surface area contributed by atoms with Crippen LogP contribution < -0.4 is 0 Å². The number of halogens is 2. The smallest absolute Gasteiger partial charge is 0.129 e. The zero-order valence-corrected chi connectivity index (χ0v) is 11.6. The largest absolute Gasteiger partial charge is 0.389 e. The monoisotopic (exact) mass is 284 g/mol. The highest BCUT2D eigenvalue weighted by atomic mass is 32.2. The first-order valence-electron chi connectivity index (χ1n) is 6.86. The fraction of sp³-hybridized carbons (Fsp3) is 0.600. The van der Waals surface area contributed by atoms with Gasteiger partial charge in [0.25, 0.3) is 0 Å². The van der Waals surface area contributed by atoms with E-state index >= 15 is 0 Å². The van der Waals surface area contributed by atoms with Crippen LogP contribution in [0.2, 0.25) is 0 Å². The summed E-state index contributed by atoms with van der Waals surface area (Å²) in [5, 5.41) is 11.6. The van der Waals surface area contributed by atoms with Crippen molar-refractivity contribution in [3.63, 3.8) is 0 Å². The predicted octanol–water partition coefficient (Wildman–Crippen LogP) is 3.69. The summed E-state index contributed by atoms with van der Waals surface area (Å²) >= 11 is 1.95. The van der Waals surface area contributed by atoms with E-state index in [-0.39, 0.29) is 12.0 Å². The highest BCUT2D eigenvalue weighted by Gasteiger charge is 2.42. The fourth-order valence-corrected chi connectivity index (χ4v) is 5.35. The first-order chi connectivity index (χ1) is 9.06. The average molecular weight is 284 g/mol. The Hall–Kier alpha value is -0.610. The number of aliphatic hydroxyl groups is 1. The lowest BCUT2D eigenvalue weighted by Gasteiger charge is -2.44. The van der Waals surface area contributed by atoms with Crippen molar-refractivity contribution in [2.24, 2.45) is 0 Å². The third kappa shape index (κ3) is 2.79. The molecule has 104 valence electrons. The summed E-state index contributed by atoms with van der Waals surface area (Å²) in [5.41, 5.74) is -0.903. The zero-order chi connectivity index (χ0) is 13.5. The second-order valence-electron chi connectivity index (χ2n) is 5.82. The van der Waals surface area contributed by atoms with Crippen LogP contribution in [0.25, 0.3) is 0 Å². The third-order valence-corrected chi connectivity index (χ3v) is 5.79. The van der Waals surface area contributed by atoms with E-state index in [2.05, 4.69) is 0 Å². The highest BCUT2D eigenvalue weighted by Crippen LogP contribution is 2.46. The van der Waals surface area contributed by atoms with Gasteiger partial charge in [-0.1, -0.05) is 12.5 Å². The first kappa shape index (κ1) is 13.4. The van der Waals surface area contributed by atoms with Crippen molar-refractivity contribution in [2.45, 2.75) is 54.6 Å².